The molecule has 7 heteroatoms. The molecule has 1 fully saturated rings. The van der Waals surface area contributed by atoms with Crippen LogP contribution in [0.15, 0.2) is 60.7 Å². The lowest BCUT2D eigenvalue weighted by Crippen LogP contribution is -2.48. The van der Waals surface area contributed by atoms with Crippen LogP contribution < -0.4 is 10.2 Å². The molecule has 1 saturated heterocycles. The molecule has 0 radical (unpaired) electrons. The van der Waals surface area contributed by atoms with Gasteiger partial charge in [-0.15, -0.1) is 0 Å². The normalized spacial score (nSPS) is 14.3. The van der Waals surface area contributed by atoms with Crippen LogP contribution in [0, 0.1) is 0 Å². The third kappa shape index (κ3) is 4.46. The van der Waals surface area contributed by atoms with E-state index in [4.69, 9.17) is 26.1 Å². The van der Waals surface area contributed by atoms with E-state index in [-0.39, 0.29) is 11.8 Å². The Hall–Kier alpha value is -2.93. The summed E-state index contributed by atoms with van der Waals surface area (Å²) in [5.41, 5.74) is 6.71. The summed E-state index contributed by atoms with van der Waals surface area (Å²) in [6.07, 6.45) is 0. The maximum absolute atomic E-state index is 13.0. The summed E-state index contributed by atoms with van der Waals surface area (Å²) in [6.45, 7) is 2.44. The van der Waals surface area contributed by atoms with Gasteiger partial charge in [0.15, 0.2) is 0 Å². The monoisotopic (exact) mass is 423 g/mol. The largest absolute Gasteiger partial charge is 0.480 e. The molecule has 2 aromatic carbocycles. The number of aromatic nitrogens is 1. The molecule has 2 heterocycles. The second kappa shape index (κ2) is 9.26. The standard InChI is InChI=1S/C23H22ClN3O3/c1-29-23-20(22(28)26-27-11-13-30-14-12-27)15-19(16-5-3-2-4-6-16)21(25-23)17-7-9-18(24)10-8-17/h2-10,15H,11-14H2,1H3,(H,26,28). The Morgan fingerprint density at radius 3 is 2.43 bits per heavy atom. The third-order valence-corrected chi connectivity index (χ3v) is 5.15. The summed E-state index contributed by atoms with van der Waals surface area (Å²) < 4.78 is 10.8. The molecule has 0 unspecified atom stereocenters. The number of halogens is 1. The molecule has 1 aromatic heterocycles. The Morgan fingerprint density at radius 1 is 1.07 bits per heavy atom. The number of morpholine rings is 1. The van der Waals surface area contributed by atoms with Crippen molar-refractivity contribution in [2.24, 2.45) is 0 Å². The van der Waals surface area contributed by atoms with Gasteiger partial charge in [0.05, 0.1) is 26.0 Å². The summed E-state index contributed by atoms with van der Waals surface area (Å²) >= 11 is 6.06. The zero-order valence-corrected chi connectivity index (χ0v) is 17.4. The Kier molecular flexibility index (Phi) is 6.28. The lowest BCUT2D eigenvalue weighted by molar-refractivity contribution is 0.0125. The Bertz CT molecular complexity index is 1020. The van der Waals surface area contributed by atoms with Crippen molar-refractivity contribution in [1.29, 1.82) is 0 Å². The molecule has 6 nitrogen and oxygen atoms in total. The fourth-order valence-electron chi connectivity index (χ4n) is 3.36. The summed E-state index contributed by atoms with van der Waals surface area (Å²) in [7, 11) is 1.52. The number of ether oxygens (including phenoxy) is 2. The fraction of sp³-hybridized carbons (Fsp3) is 0.217. The van der Waals surface area contributed by atoms with E-state index in [0.717, 1.165) is 22.4 Å². The van der Waals surface area contributed by atoms with Crippen molar-refractivity contribution < 1.29 is 14.3 Å². The van der Waals surface area contributed by atoms with Gasteiger partial charge in [-0.2, -0.15) is 0 Å². The van der Waals surface area contributed by atoms with Crippen LogP contribution in [0.2, 0.25) is 5.02 Å². The van der Waals surface area contributed by atoms with Gasteiger partial charge in [-0.25, -0.2) is 9.99 Å². The van der Waals surface area contributed by atoms with Crippen LogP contribution in [0.4, 0.5) is 0 Å². The Labute approximate surface area is 180 Å². The van der Waals surface area contributed by atoms with Crippen LogP contribution in [-0.2, 0) is 4.74 Å². The van der Waals surface area contributed by atoms with Crippen LogP contribution in [0.3, 0.4) is 0 Å². The lowest BCUT2D eigenvalue weighted by Gasteiger charge is -2.27. The van der Waals surface area contributed by atoms with E-state index in [9.17, 15) is 4.79 Å². The van der Waals surface area contributed by atoms with E-state index in [2.05, 4.69) is 5.43 Å². The van der Waals surface area contributed by atoms with Crippen molar-refractivity contribution in [3.8, 4) is 28.3 Å². The number of hydrazine groups is 1. The number of benzene rings is 2. The Balaban J connectivity index is 1.79. The van der Waals surface area contributed by atoms with E-state index in [0.29, 0.717) is 36.9 Å². The highest BCUT2D eigenvalue weighted by molar-refractivity contribution is 6.30. The number of nitrogens with one attached hydrogen (secondary N) is 1. The molecule has 0 bridgehead atoms. The van der Waals surface area contributed by atoms with Crippen molar-refractivity contribution in [3.05, 3.63) is 71.2 Å². The first-order valence-electron chi connectivity index (χ1n) is 9.70. The number of carbonyl (C=O) groups excluding carboxylic acids is 1. The maximum atomic E-state index is 13.0. The fourth-order valence-corrected chi connectivity index (χ4v) is 3.49. The molecule has 1 N–H and O–H groups in total. The van der Waals surface area contributed by atoms with Gasteiger partial charge in [0.1, 0.15) is 5.56 Å². The minimum atomic E-state index is -0.263. The number of carbonyl (C=O) groups is 1. The minimum Gasteiger partial charge on any atom is -0.480 e. The zero-order valence-electron chi connectivity index (χ0n) is 16.6. The van der Waals surface area contributed by atoms with Gasteiger partial charge < -0.3 is 9.47 Å². The van der Waals surface area contributed by atoms with Crippen molar-refractivity contribution in [2.45, 2.75) is 0 Å². The van der Waals surface area contributed by atoms with Crippen molar-refractivity contribution in [3.63, 3.8) is 0 Å². The molecule has 1 aliphatic heterocycles. The van der Waals surface area contributed by atoms with Crippen LogP contribution in [0.25, 0.3) is 22.4 Å². The molecule has 3 aromatic rings. The van der Waals surface area contributed by atoms with Gasteiger partial charge in [0.2, 0.25) is 5.88 Å². The lowest BCUT2D eigenvalue weighted by atomic mass is 9.97. The van der Waals surface area contributed by atoms with E-state index < -0.39 is 0 Å². The SMILES string of the molecule is COc1nc(-c2ccc(Cl)cc2)c(-c2ccccc2)cc1C(=O)NN1CCOCC1. The summed E-state index contributed by atoms with van der Waals surface area (Å²) in [4.78, 5) is 17.7. The second-order valence-electron chi connectivity index (χ2n) is 6.85. The number of amides is 1. The molecule has 0 aliphatic carbocycles. The molecule has 0 spiro atoms. The van der Waals surface area contributed by atoms with Crippen LogP contribution in [0.1, 0.15) is 10.4 Å². The molecular formula is C23H22ClN3O3. The van der Waals surface area contributed by atoms with Gasteiger partial charge in [0, 0.05) is 29.2 Å². The van der Waals surface area contributed by atoms with Crippen molar-refractivity contribution in [1.82, 2.24) is 15.4 Å². The van der Waals surface area contributed by atoms with Gasteiger partial charge in [-0.1, -0.05) is 54.1 Å². The first-order chi connectivity index (χ1) is 14.7. The third-order valence-electron chi connectivity index (χ3n) is 4.90. The van der Waals surface area contributed by atoms with Crippen LogP contribution in [-0.4, -0.2) is 49.3 Å². The first kappa shape index (κ1) is 20.3. The smallest absolute Gasteiger partial charge is 0.271 e. The highest BCUT2D eigenvalue weighted by atomic mass is 35.5. The van der Waals surface area contributed by atoms with Gasteiger partial charge >= 0.3 is 0 Å². The minimum absolute atomic E-state index is 0.263. The van der Waals surface area contributed by atoms with E-state index in [1.807, 2.05) is 65.7 Å². The summed E-state index contributed by atoms with van der Waals surface area (Å²) in [5.74, 6) is 0.00600. The van der Waals surface area contributed by atoms with Crippen molar-refractivity contribution >= 4 is 17.5 Å². The second-order valence-corrected chi connectivity index (χ2v) is 7.29. The average molecular weight is 424 g/mol. The highest BCUT2D eigenvalue weighted by Gasteiger charge is 2.22. The number of hydrogen-bond acceptors (Lipinski definition) is 5. The van der Waals surface area contributed by atoms with Crippen LogP contribution in [0.5, 0.6) is 5.88 Å². The predicted molar refractivity (Wildman–Crippen MR) is 117 cm³/mol. The number of pyridine rings is 1. The zero-order chi connectivity index (χ0) is 20.9. The number of rotatable bonds is 5. The molecule has 0 atom stereocenters. The molecule has 0 saturated carbocycles. The highest BCUT2D eigenvalue weighted by Crippen LogP contribution is 2.35. The summed E-state index contributed by atoms with van der Waals surface area (Å²) in [6, 6.07) is 19.1. The average Bonchev–Trinajstić information content (AvgIpc) is 2.80. The van der Waals surface area contributed by atoms with Crippen LogP contribution >= 0.6 is 11.6 Å². The van der Waals surface area contributed by atoms with Gasteiger partial charge in [-0.3, -0.25) is 10.2 Å². The first-order valence-corrected chi connectivity index (χ1v) is 10.1. The molecule has 1 amide bonds. The number of hydrogen-bond donors (Lipinski definition) is 1. The molecular weight excluding hydrogens is 402 g/mol. The molecule has 30 heavy (non-hydrogen) atoms. The predicted octanol–water partition coefficient (Wildman–Crippen LogP) is 4.05. The topological polar surface area (TPSA) is 63.7 Å². The van der Waals surface area contributed by atoms with E-state index >= 15 is 0 Å². The summed E-state index contributed by atoms with van der Waals surface area (Å²) in [5, 5.41) is 2.49. The van der Waals surface area contributed by atoms with E-state index in [1.165, 1.54) is 7.11 Å². The molecule has 1 aliphatic rings. The molecule has 154 valence electrons. The molecule has 4 rings (SSSR count). The Morgan fingerprint density at radius 2 is 1.77 bits per heavy atom. The van der Waals surface area contributed by atoms with Gasteiger partial charge in [-0.05, 0) is 23.8 Å². The van der Waals surface area contributed by atoms with Gasteiger partial charge in [0.25, 0.3) is 5.91 Å². The van der Waals surface area contributed by atoms with Crippen molar-refractivity contribution in [2.75, 3.05) is 33.4 Å². The maximum Gasteiger partial charge on any atom is 0.271 e. The number of nitrogens with zero attached hydrogens (tertiary/aromatic N) is 2. The van der Waals surface area contributed by atoms with E-state index in [1.54, 1.807) is 0 Å². The number of methoxy groups -OCH3 is 1. The quantitative estimate of drug-likeness (QED) is 0.670.